The SMILES string of the molecule is CCC(C)c1[c-]cc(C(C)CC)c(C(=O)[O-])c1.[Na+].[Na+]. The molecule has 0 aliphatic rings. The van der Waals surface area contributed by atoms with E-state index in [9.17, 15) is 9.90 Å². The molecule has 4 heteroatoms. The van der Waals surface area contributed by atoms with E-state index in [1.807, 2.05) is 19.9 Å². The second kappa shape index (κ2) is 10.4. The molecule has 0 N–H and O–H groups in total. The van der Waals surface area contributed by atoms with E-state index in [2.05, 4.69) is 19.9 Å². The van der Waals surface area contributed by atoms with Gasteiger partial charge in [-0.1, -0.05) is 46.5 Å². The van der Waals surface area contributed by atoms with Crippen molar-refractivity contribution in [3.63, 3.8) is 0 Å². The first-order valence-corrected chi connectivity index (χ1v) is 6.28. The average molecular weight is 278 g/mol. The number of carbonyl (C=O) groups excluding carboxylic acids is 1. The van der Waals surface area contributed by atoms with Crippen LogP contribution >= 0.6 is 0 Å². The Morgan fingerprint density at radius 1 is 1.21 bits per heavy atom. The number of aromatic carboxylic acids is 1. The van der Waals surface area contributed by atoms with E-state index >= 15 is 0 Å². The maximum Gasteiger partial charge on any atom is 1.00 e. The number of hydrogen-bond acceptors (Lipinski definition) is 2. The van der Waals surface area contributed by atoms with E-state index in [-0.39, 0.29) is 65.0 Å². The van der Waals surface area contributed by atoms with Gasteiger partial charge in [-0.25, -0.2) is 0 Å². The Kier molecular flexibility index (Phi) is 12.1. The van der Waals surface area contributed by atoms with E-state index in [0.29, 0.717) is 11.5 Å². The molecule has 2 unspecified atom stereocenters. The van der Waals surface area contributed by atoms with Crippen LogP contribution in [-0.4, -0.2) is 5.97 Å². The maximum atomic E-state index is 11.2. The van der Waals surface area contributed by atoms with Gasteiger partial charge in [-0.3, -0.25) is 0 Å². The summed E-state index contributed by atoms with van der Waals surface area (Å²) >= 11 is 0. The molecular weight excluding hydrogens is 258 g/mol. The zero-order valence-corrected chi connectivity index (χ0v) is 17.0. The third-order valence-electron chi connectivity index (χ3n) is 3.51. The van der Waals surface area contributed by atoms with E-state index < -0.39 is 5.97 Å². The van der Waals surface area contributed by atoms with Gasteiger partial charge in [0.05, 0.1) is 0 Å². The standard InChI is InChI=1S/C15H21O2.2Na/c1-5-10(3)12-7-8-13(11(4)6-2)14(9-12)15(16)17;;/h8-11H,5-6H2,1-4H3,(H,16,17);;/q-1;2*+1/p-1. The van der Waals surface area contributed by atoms with Crippen molar-refractivity contribution in [1.82, 2.24) is 0 Å². The van der Waals surface area contributed by atoms with Crippen LogP contribution in [0.2, 0.25) is 0 Å². The summed E-state index contributed by atoms with van der Waals surface area (Å²) in [6.45, 7) is 8.23. The van der Waals surface area contributed by atoms with Gasteiger partial charge in [0, 0.05) is 5.97 Å². The molecule has 0 aliphatic carbocycles. The molecule has 1 aromatic carbocycles. The summed E-state index contributed by atoms with van der Waals surface area (Å²) in [6.07, 6.45) is 1.89. The van der Waals surface area contributed by atoms with Crippen molar-refractivity contribution < 1.29 is 69.0 Å². The molecule has 0 radical (unpaired) electrons. The van der Waals surface area contributed by atoms with Crippen molar-refractivity contribution >= 4 is 5.97 Å². The molecule has 0 aliphatic heterocycles. The molecule has 0 saturated heterocycles. The molecule has 0 amide bonds. The van der Waals surface area contributed by atoms with E-state index in [4.69, 9.17) is 0 Å². The zero-order valence-electron chi connectivity index (χ0n) is 13.0. The monoisotopic (exact) mass is 278 g/mol. The molecule has 1 aromatic rings. The van der Waals surface area contributed by atoms with E-state index in [1.54, 1.807) is 6.07 Å². The van der Waals surface area contributed by atoms with Gasteiger partial charge >= 0.3 is 59.1 Å². The Morgan fingerprint density at radius 3 is 2.16 bits per heavy atom. The third kappa shape index (κ3) is 5.91. The van der Waals surface area contributed by atoms with Gasteiger partial charge in [-0.15, -0.1) is 11.1 Å². The minimum absolute atomic E-state index is 0. The van der Waals surface area contributed by atoms with Crippen LogP contribution < -0.4 is 64.2 Å². The molecule has 0 spiro atoms. The van der Waals surface area contributed by atoms with Crippen LogP contribution in [0.4, 0.5) is 0 Å². The van der Waals surface area contributed by atoms with Crippen molar-refractivity contribution in [3.8, 4) is 0 Å². The fourth-order valence-electron chi connectivity index (χ4n) is 1.83. The molecule has 2 atom stereocenters. The smallest absolute Gasteiger partial charge is 0.547 e. The van der Waals surface area contributed by atoms with Crippen molar-refractivity contribution in [2.24, 2.45) is 0 Å². The summed E-state index contributed by atoms with van der Waals surface area (Å²) in [5.41, 5.74) is 2.12. The molecule has 0 bridgehead atoms. The average Bonchev–Trinajstić information content (AvgIpc) is 2.35. The zero-order chi connectivity index (χ0) is 13.0. The summed E-state index contributed by atoms with van der Waals surface area (Å²) in [6, 6.07) is 6.75. The topological polar surface area (TPSA) is 40.1 Å². The number of rotatable bonds is 5. The summed E-state index contributed by atoms with van der Waals surface area (Å²) < 4.78 is 0. The normalized spacial score (nSPS) is 12.8. The first-order chi connectivity index (χ1) is 8.01. The van der Waals surface area contributed by atoms with E-state index in [1.165, 1.54) is 0 Å². The van der Waals surface area contributed by atoms with Crippen molar-refractivity contribution in [2.75, 3.05) is 0 Å². The second-order valence-electron chi connectivity index (χ2n) is 4.66. The quantitative estimate of drug-likeness (QED) is 0.422. The minimum Gasteiger partial charge on any atom is -0.547 e. The summed E-state index contributed by atoms with van der Waals surface area (Å²) in [5.74, 6) is -0.525. The van der Waals surface area contributed by atoms with Crippen LogP contribution in [0.15, 0.2) is 12.1 Å². The molecule has 0 saturated carbocycles. The predicted molar refractivity (Wildman–Crippen MR) is 67.0 cm³/mol. The number of carboxylic acids is 1. The Hall–Kier alpha value is 0.690. The fourth-order valence-corrected chi connectivity index (χ4v) is 1.83. The molecule has 0 aromatic heterocycles. The van der Waals surface area contributed by atoms with Gasteiger partial charge in [0.2, 0.25) is 0 Å². The van der Waals surface area contributed by atoms with Crippen molar-refractivity contribution in [1.29, 1.82) is 0 Å². The molecule has 1 rings (SSSR count). The third-order valence-corrected chi connectivity index (χ3v) is 3.51. The van der Waals surface area contributed by atoms with Crippen LogP contribution in [0.5, 0.6) is 0 Å². The summed E-state index contributed by atoms with van der Waals surface area (Å²) in [4.78, 5) is 11.2. The number of carbonyl (C=O) groups is 1. The molecule has 94 valence electrons. The molecule has 2 nitrogen and oxygen atoms in total. The Labute approximate surface area is 160 Å². The van der Waals surface area contributed by atoms with Crippen LogP contribution in [0, 0.1) is 6.07 Å². The van der Waals surface area contributed by atoms with Crippen LogP contribution in [0.25, 0.3) is 0 Å². The predicted octanol–water partition coefficient (Wildman–Crippen LogP) is -3.11. The first kappa shape index (κ1) is 22.0. The van der Waals surface area contributed by atoms with Gasteiger partial charge < -0.3 is 9.90 Å². The van der Waals surface area contributed by atoms with Crippen molar-refractivity contribution in [2.45, 2.75) is 52.4 Å². The molecule has 0 heterocycles. The van der Waals surface area contributed by atoms with Crippen LogP contribution in [0.3, 0.4) is 0 Å². The summed E-state index contributed by atoms with van der Waals surface area (Å²) in [5, 5.41) is 11.2. The number of carboxylic acid groups (broad SMARTS) is 1. The van der Waals surface area contributed by atoms with Gasteiger partial charge in [-0.2, -0.15) is 23.8 Å². The van der Waals surface area contributed by atoms with Gasteiger partial charge in [-0.05, 0) is 5.92 Å². The number of benzene rings is 1. The molecule has 19 heavy (non-hydrogen) atoms. The first-order valence-electron chi connectivity index (χ1n) is 6.28. The summed E-state index contributed by atoms with van der Waals surface area (Å²) in [7, 11) is 0. The second-order valence-corrected chi connectivity index (χ2v) is 4.66. The molecule has 0 fully saturated rings. The van der Waals surface area contributed by atoms with Gasteiger partial charge in [0.15, 0.2) is 0 Å². The molecular formula is C15H20Na2O2. The Morgan fingerprint density at radius 2 is 1.74 bits per heavy atom. The van der Waals surface area contributed by atoms with Gasteiger partial charge in [0.25, 0.3) is 0 Å². The Balaban J connectivity index is 0. The van der Waals surface area contributed by atoms with Gasteiger partial charge in [0.1, 0.15) is 0 Å². The van der Waals surface area contributed by atoms with Crippen molar-refractivity contribution in [3.05, 3.63) is 34.9 Å². The Bertz CT molecular complexity index is 405. The fraction of sp³-hybridized carbons (Fsp3) is 0.533. The van der Waals surface area contributed by atoms with Crippen LogP contribution in [0.1, 0.15) is 73.9 Å². The minimum atomic E-state index is -1.08. The van der Waals surface area contributed by atoms with E-state index in [0.717, 1.165) is 24.0 Å². The maximum absolute atomic E-state index is 11.2. The van der Waals surface area contributed by atoms with Crippen LogP contribution in [-0.2, 0) is 0 Å². The largest absolute Gasteiger partial charge is 1.00 e. The number of hydrogen-bond donors (Lipinski definition) is 0.